The minimum atomic E-state index is -1.48. The molecule has 0 rings (SSSR count). The van der Waals surface area contributed by atoms with Crippen LogP contribution in [0.3, 0.4) is 0 Å². The topological polar surface area (TPSA) is 86.6 Å². The Labute approximate surface area is 261 Å². The predicted octanol–water partition coefficient (Wildman–Crippen LogP) is 9.99. The summed E-state index contributed by atoms with van der Waals surface area (Å²) in [4.78, 5) is 26.5. The van der Waals surface area contributed by atoms with Gasteiger partial charge >= 0.3 is 0 Å². The maximum absolute atomic E-state index is 13.2. The van der Waals surface area contributed by atoms with E-state index in [-0.39, 0.29) is 24.7 Å². The second kappa shape index (κ2) is 30.3. The van der Waals surface area contributed by atoms with Crippen molar-refractivity contribution in [1.29, 1.82) is 0 Å². The molecule has 0 amide bonds. The Bertz CT molecular complexity index is 565. The fraction of sp³-hybridized carbons (Fsp3) is 0.946. The summed E-state index contributed by atoms with van der Waals surface area (Å²) in [5.41, 5.74) is -1.08. The minimum absolute atomic E-state index is 0.00481. The van der Waals surface area contributed by atoms with Crippen LogP contribution >= 0.6 is 0 Å². The molecule has 5 heteroatoms. The first-order valence-corrected chi connectivity index (χ1v) is 18.5. The lowest BCUT2D eigenvalue weighted by Crippen LogP contribution is -2.46. The third-order valence-electron chi connectivity index (χ3n) is 9.05. The SMILES string of the molecule is CCCCCCCCCCCCCCCC(=O)C(C)(CNCC(O)O)C(=O)CCCCCCCCCCCCCCC. The van der Waals surface area contributed by atoms with Crippen molar-refractivity contribution in [3.05, 3.63) is 0 Å². The molecule has 5 nitrogen and oxygen atoms in total. The highest BCUT2D eigenvalue weighted by atomic mass is 16.5. The van der Waals surface area contributed by atoms with Crippen LogP contribution < -0.4 is 5.32 Å². The van der Waals surface area contributed by atoms with Crippen LogP contribution in [-0.2, 0) is 9.59 Å². The molecule has 0 bridgehead atoms. The first-order chi connectivity index (χ1) is 20.4. The Kier molecular flexibility index (Phi) is 29.7. The molecule has 0 radical (unpaired) electrons. The second-order valence-corrected chi connectivity index (χ2v) is 13.3. The number of ketones is 2. The van der Waals surface area contributed by atoms with Crippen LogP contribution in [0, 0.1) is 5.41 Å². The molecule has 0 aromatic heterocycles. The zero-order valence-electron chi connectivity index (χ0n) is 28.5. The van der Waals surface area contributed by atoms with Crippen LogP contribution in [0.5, 0.6) is 0 Å². The molecular weight excluding hydrogens is 522 g/mol. The van der Waals surface area contributed by atoms with Gasteiger partial charge in [0.25, 0.3) is 0 Å². The Morgan fingerprint density at radius 2 is 0.762 bits per heavy atom. The predicted molar refractivity (Wildman–Crippen MR) is 180 cm³/mol. The fourth-order valence-electron chi connectivity index (χ4n) is 5.96. The van der Waals surface area contributed by atoms with Gasteiger partial charge in [-0.3, -0.25) is 9.59 Å². The molecule has 0 spiro atoms. The lowest BCUT2D eigenvalue weighted by molar-refractivity contribution is -0.140. The van der Waals surface area contributed by atoms with Gasteiger partial charge in [0.05, 0.1) is 5.41 Å². The van der Waals surface area contributed by atoms with Crippen LogP contribution in [0.25, 0.3) is 0 Å². The van der Waals surface area contributed by atoms with E-state index in [9.17, 15) is 19.8 Å². The first kappa shape index (κ1) is 41.2. The average molecular weight is 596 g/mol. The van der Waals surface area contributed by atoms with Crippen LogP contribution in [0.4, 0.5) is 0 Å². The van der Waals surface area contributed by atoms with Crippen molar-refractivity contribution in [3.8, 4) is 0 Å². The molecule has 250 valence electrons. The maximum atomic E-state index is 13.2. The zero-order chi connectivity index (χ0) is 31.2. The maximum Gasteiger partial charge on any atom is 0.164 e. The molecule has 0 aromatic rings. The molecule has 3 N–H and O–H groups in total. The first-order valence-electron chi connectivity index (χ1n) is 18.5. The van der Waals surface area contributed by atoms with E-state index in [1.165, 1.54) is 128 Å². The monoisotopic (exact) mass is 596 g/mol. The third kappa shape index (κ3) is 24.6. The Morgan fingerprint density at radius 1 is 0.500 bits per heavy atom. The molecule has 0 aliphatic carbocycles. The molecule has 0 aromatic carbocycles. The van der Waals surface area contributed by atoms with Crippen molar-refractivity contribution in [2.24, 2.45) is 5.41 Å². The van der Waals surface area contributed by atoms with E-state index in [4.69, 9.17) is 0 Å². The highest BCUT2D eigenvalue weighted by molar-refractivity contribution is 6.06. The summed E-state index contributed by atoms with van der Waals surface area (Å²) >= 11 is 0. The number of hydrogen-bond donors (Lipinski definition) is 3. The summed E-state index contributed by atoms with van der Waals surface area (Å²) in [5.74, 6) is 0.00962. The van der Waals surface area contributed by atoms with Gasteiger partial charge < -0.3 is 15.5 Å². The summed E-state index contributed by atoms with van der Waals surface area (Å²) < 4.78 is 0. The number of carbonyl (C=O) groups is 2. The minimum Gasteiger partial charge on any atom is -0.367 e. The molecule has 0 saturated carbocycles. The molecule has 0 heterocycles. The van der Waals surface area contributed by atoms with E-state index in [1.807, 2.05) is 0 Å². The van der Waals surface area contributed by atoms with Gasteiger partial charge in [-0.1, -0.05) is 168 Å². The molecule has 0 unspecified atom stereocenters. The van der Waals surface area contributed by atoms with Crippen LogP contribution in [0.15, 0.2) is 0 Å². The van der Waals surface area contributed by atoms with Gasteiger partial charge in [0.1, 0.15) is 11.6 Å². The van der Waals surface area contributed by atoms with Gasteiger partial charge in [-0.15, -0.1) is 0 Å². The van der Waals surface area contributed by atoms with Crippen LogP contribution in [0.2, 0.25) is 0 Å². The van der Waals surface area contributed by atoms with Gasteiger partial charge in [-0.2, -0.15) is 0 Å². The molecule has 0 fully saturated rings. The van der Waals surface area contributed by atoms with Crippen molar-refractivity contribution in [3.63, 3.8) is 0 Å². The fourth-order valence-corrected chi connectivity index (χ4v) is 5.96. The number of Topliss-reactive ketones (excluding diaryl/α,β-unsaturated/α-hetero) is 2. The number of unbranched alkanes of at least 4 members (excludes halogenated alkanes) is 24. The summed E-state index contributed by atoms with van der Waals surface area (Å²) in [6.07, 6.45) is 32.2. The van der Waals surface area contributed by atoms with Gasteiger partial charge in [-0.25, -0.2) is 0 Å². The lowest BCUT2D eigenvalue weighted by Gasteiger charge is -2.27. The molecule has 0 aliphatic heterocycles. The number of aliphatic hydroxyl groups is 2. The standard InChI is InChI=1S/C37H73NO4/c1-4-6-8-10-12-14-16-18-20-22-24-26-28-30-34(39)37(3,33-38-32-36(41)42)35(40)31-29-27-25-23-21-19-17-15-13-11-9-7-5-2/h36,38,41-42H,4-33H2,1-3H3. The number of carbonyl (C=O) groups excluding carboxylic acids is 2. The summed E-state index contributed by atoms with van der Waals surface area (Å²) in [7, 11) is 0. The molecule has 42 heavy (non-hydrogen) atoms. The van der Waals surface area contributed by atoms with Crippen molar-refractivity contribution in [2.45, 2.75) is 207 Å². The number of nitrogens with one attached hydrogen (secondary N) is 1. The summed E-state index contributed by atoms with van der Waals surface area (Å²) in [5, 5.41) is 21.4. The quantitative estimate of drug-likeness (QED) is 0.0391. The molecule has 0 atom stereocenters. The van der Waals surface area contributed by atoms with E-state index in [2.05, 4.69) is 19.2 Å². The Hall–Kier alpha value is -0.780. The highest BCUT2D eigenvalue weighted by Crippen LogP contribution is 2.26. The van der Waals surface area contributed by atoms with Crippen molar-refractivity contribution < 1.29 is 19.8 Å². The van der Waals surface area contributed by atoms with Crippen molar-refractivity contribution in [2.75, 3.05) is 13.1 Å². The van der Waals surface area contributed by atoms with Crippen molar-refractivity contribution >= 4 is 11.6 Å². The van der Waals surface area contributed by atoms with Crippen LogP contribution in [0.1, 0.15) is 201 Å². The molecular formula is C37H73NO4. The Balaban J connectivity index is 4.14. The summed E-state index contributed by atoms with van der Waals surface area (Å²) in [6, 6.07) is 0. The number of rotatable bonds is 34. The summed E-state index contributed by atoms with van der Waals surface area (Å²) in [6.45, 7) is 6.43. The van der Waals surface area contributed by atoms with Gasteiger partial charge in [0, 0.05) is 25.9 Å². The third-order valence-corrected chi connectivity index (χ3v) is 9.05. The number of hydrogen-bond acceptors (Lipinski definition) is 5. The highest BCUT2D eigenvalue weighted by Gasteiger charge is 2.38. The van der Waals surface area contributed by atoms with E-state index < -0.39 is 11.7 Å². The van der Waals surface area contributed by atoms with Gasteiger partial charge in [0.2, 0.25) is 0 Å². The Morgan fingerprint density at radius 3 is 1.02 bits per heavy atom. The second-order valence-electron chi connectivity index (χ2n) is 13.3. The lowest BCUT2D eigenvalue weighted by atomic mass is 9.77. The van der Waals surface area contributed by atoms with Crippen molar-refractivity contribution in [1.82, 2.24) is 5.32 Å². The van der Waals surface area contributed by atoms with E-state index in [0.717, 1.165) is 38.5 Å². The number of aliphatic hydroxyl groups excluding tert-OH is 1. The molecule has 0 aliphatic rings. The van der Waals surface area contributed by atoms with Gasteiger partial charge in [-0.05, 0) is 19.8 Å². The van der Waals surface area contributed by atoms with E-state index in [1.54, 1.807) is 6.92 Å². The normalized spacial score (nSPS) is 12.0. The zero-order valence-corrected chi connectivity index (χ0v) is 28.5. The average Bonchev–Trinajstić information content (AvgIpc) is 2.97. The van der Waals surface area contributed by atoms with Gasteiger partial charge in [0.15, 0.2) is 6.29 Å². The largest absolute Gasteiger partial charge is 0.367 e. The van der Waals surface area contributed by atoms with E-state index in [0.29, 0.717) is 12.8 Å². The smallest absolute Gasteiger partial charge is 0.164 e. The van der Waals surface area contributed by atoms with Crippen LogP contribution in [-0.4, -0.2) is 41.2 Å². The van der Waals surface area contributed by atoms with E-state index >= 15 is 0 Å². The molecule has 0 saturated heterocycles.